The third-order valence-electron chi connectivity index (χ3n) is 4.83. The molecule has 6 heteroatoms. The number of rotatable bonds is 5. The van der Waals surface area contributed by atoms with E-state index in [0.29, 0.717) is 24.9 Å². The molecule has 0 aliphatic carbocycles. The van der Waals surface area contributed by atoms with Crippen LogP contribution in [-0.2, 0) is 20.9 Å². The fraction of sp³-hybridized carbons (Fsp3) is 0.444. The van der Waals surface area contributed by atoms with Crippen molar-refractivity contribution in [1.29, 1.82) is 0 Å². The molecular weight excluding hydrogens is 308 g/mol. The number of benzene rings is 1. The summed E-state index contributed by atoms with van der Waals surface area (Å²) in [5.74, 6) is -0.606. The van der Waals surface area contributed by atoms with Crippen LogP contribution in [0.1, 0.15) is 60.0 Å². The Hall–Kier alpha value is -2.50. The average Bonchev–Trinajstić information content (AvgIpc) is 2.89. The zero-order chi connectivity index (χ0) is 17.3. The Morgan fingerprint density at radius 1 is 1.33 bits per heavy atom. The van der Waals surface area contributed by atoms with Crippen molar-refractivity contribution < 1.29 is 19.2 Å². The van der Waals surface area contributed by atoms with E-state index in [9.17, 15) is 19.2 Å². The smallest absolute Gasteiger partial charge is 0.255 e. The summed E-state index contributed by atoms with van der Waals surface area (Å²) in [5.41, 5.74) is 2.61. The van der Waals surface area contributed by atoms with Gasteiger partial charge in [-0.15, -0.1) is 0 Å². The Kier molecular flexibility index (Phi) is 4.46. The molecule has 0 spiro atoms. The number of fused-ring (bicyclic) bond motifs is 1. The standard InChI is InChI=1S/C18H20N2O4/c1-11(3-2-8-21)12-4-5-14-13(9-12)10-20(18(14)24)15-6-7-16(22)19-17(15)23/h4-5,8-9,11,15H,2-3,6-7,10H2,1H3,(H,19,22,23). The molecular formula is C18H20N2O4. The predicted octanol–water partition coefficient (Wildman–Crippen LogP) is 1.53. The summed E-state index contributed by atoms with van der Waals surface area (Å²) in [4.78, 5) is 48.0. The molecule has 24 heavy (non-hydrogen) atoms. The summed E-state index contributed by atoms with van der Waals surface area (Å²) < 4.78 is 0. The topological polar surface area (TPSA) is 83.6 Å². The van der Waals surface area contributed by atoms with E-state index in [2.05, 4.69) is 12.2 Å². The highest BCUT2D eigenvalue weighted by molar-refractivity contribution is 6.05. The molecule has 1 fully saturated rings. The zero-order valence-corrected chi connectivity index (χ0v) is 13.6. The van der Waals surface area contributed by atoms with Gasteiger partial charge in [0.05, 0.1) is 0 Å². The quantitative estimate of drug-likeness (QED) is 0.656. The molecule has 0 bridgehead atoms. The fourth-order valence-corrected chi connectivity index (χ4v) is 3.39. The first-order valence-electron chi connectivity index (χ1n) is 8.22. The van der Waals surface area contributed by atoms with E-state index in [1.807, 2.05) is 12.1 Å². The minimum atomic E-state index is -0.585. The number of nitrogens with one attached hydrogen (secondary N) is 1. The van der Waals surface area contributed by atoms with E-state index in [1.54, 1.807) is 11.0 Å². The van der Waals surface area contributed by atoms with Crippen molar-refractivity contribution in [3.8, 4) is 0 Å². The fourth-order valence-electron chi connectivity index (χ4n) is 3.39. The number of aldehydes is 1. The molecule has 2 unspecified atom stereocenters. The van der Waals surface area contributed by atoms with E-state index >= 15 is 0 Å². The second-order valence-corrected chi connectivity index (χ2v) is 6.46. The minimum absolute atomic E-state index is 0.161. The highest BCUT2D eigenvalue weighted by atomic mass is 16.2. The lowest BCUT2D eigenvalue weighted by Gasteiger charge is -2.29. The summed E-state index contributed by atoms with van der Waals surface area (Å²) in [6.45, 7) is 2.44. The van der Waals surface area contributed by atoms with Gasteiger partial charge in [0.2, 0.25) is 11.8 Å². The first-order valence-corrected chi connectivity index (χ1v) is 8.22. The Morgan fingerprint density at radius 2 is 2.12 bits per heavy atom. The maximum atomic E-state index is 12.6. The lowest BCUT2D eigenvalue weighted by atomic mass is 9.94. The van der Waals surface area contributed by atoms with Crippen LogP contribution in [0.3, 0.4) is 0 Å². The molecule has 126 valence electrons. The molecule has 3 amide bonds. The Morgan fingerprint density at radius 3 is 2.83 bits per heavy atom. The van der Waals surface area contributed by atoms with Crippen molar-refractivity contribution in [2.75, 3.05) is 0 Å². The van der Waals surface area contributed by atoms with Crippen molar-refractivity contribution in [2.45, 2.75) is 51.1 Å². The normalized spacial score (nSPS) is 21.5. The maximum Gasteiger partial charge on any atom is 0.255 e. The highest BCUT2D eigenvalue weighted by Gasteiger charge is 2.39. The SMILES string of the molecule is CC(CCC=O)c1ccc2c(c1)CN(C1CCC(=O)NC1=O)C2=O. The van der Waals surface area contributed by atoms with Crippen LogP contribution in [0.4, 0.5) is 0 Å². The van der Waals surface area contributed by atoms with Gasteiger partial charge in [0.15, 0.2) is 0 Å². The van der Waals surface area contributed by atoms with E-state index < -0.39 is 11.9 Å². The Labute approximate surface area is 140 Å². The third kappa shape index (κ3) is 2.96. The molecule has 1 aromatic carbocycles. The number of hydrogen-bond donors (Lipinski definition) is 1. The van der Waals surface area contributed by atoms with Gasteiger partial charge in [-0.05, 0) is 36.0 Å². The number of piperidine rings is 1. The molecule has 2 aliphatic rings. The minimum Gasteiger partial charge on any atom is -0.322 e. The summed E-state index contributed by atoms with van der Waals surface area (Å²) in [6, 6.07) is 5.13. The summed E-state index contributed by atoms with van der Waals surface area (Å²) >= 11 is 0. The molecule has 0 radical (unpaired) electrons. The van der Waals surface area contributed by atoms with Gasteiger partial charge < -0.3 is 9.69 Å². The van der Waals surface area contributed by atoms with Crippen molar-refractivity contribution in [1.82, 2.24) is 10.2 Å². The molecule has 3 rings (SSSR count). The third-order valence-corrected chi connectivity index (χ3v) is 4.83. The van der Waals surface area contributed by atoms with Crippen molar-refractivity contribution in [2.24, 2.45) is 0 Å². The maximum absolute atomic E-state index is 12.6. The molecule has 2 heterocycles. The van der Waals surface area contributed by atoms with Crippen LogP contribution in [0.5, 0.6) is 0 Å². The van der Waals surface area contributed by atoms with E-state index in [1.165, 1.54) is 0 Å². The van der Waals surface area contributed by atoms with Crippen molar-refractivity contribution in [3.63, 3.8) is 0 Å². The van der Waals surface area contributed by atoms with Gasteiger partial charge >= 0.3 is 0 Å². The van der Waals surface area contributed by atoms with Crippen LogP contribution < -0.4 is 5.32 Å². The second kappa shape index (κ2) is 6.55. The lowest BCUT2D eigenvalue weighted by molar-refractivity contribution is -0.136. The predicted molar refractivity (Wildman–Crippen MR) is 86.2 cm³/mol. The number of hydrogen-bond acceptors (Lipinski definition) is 4. The van der Waals surface area contributed by atoms with Crippen molar-refractivity contribution >= 4 is 24.0 Å². The van der Waals surface area contributed by atoms with Gasteiger partial charge in [0.1, 0.15) is 12.3 Å². The van der Waals surface area contributed by atoms with Crippen LogP contribution >= 0.6 is 0 Å². The molecule has 2 aliphatic heterocycles. The molecule has 0 saturated carbocycles. The Bertz CT molecular complexity index is 713. The van der Waals surface area contributed by atoms with Crippen molar-refractivity contribution in [3.05, 3.63) is 34.9 Å². The first-order chi connectivity index (χ1) is 11.5. The van der Waals surface area contributed by atoms with Crippen LogP contribution in [0.25, 0.3) is 0 Å². The Balaban J connectivity index is 1.78. The zero-order valence-electron chi connectivity index (χ0n) is 13.6. The van der Waals surface area contributed by atoms with Gasteiger partial charge in [-0.1, -0.05) is 19.1 Å². The molecule has 0 aromatic heterocycles. The van der Waals surface area contributed by atoms with Gasteiger partial charge in [0, 0.05) is 24.9 Å². The largest absolute Gasteiger partial charge is 0.322 e. The van der Waals surface area contributed by atoms with E-state index in [4.69, 9.17) is 0 Å². The van der Waals surface area contributed by atoms with Crippen LogP contribution in [0.2, 0.25) is 0 Å². The molecule has 1 N–H and O–H groups in total. The van der Waals surface area contributed by atoms with Gasteiger partial charge in [0.25, 0.3) is 5.91 Å². The van der Waals surface area contributed by atoms with Gasteiger partial charge in [-0.2, -0.15) is 0 Å². The van der Waals surface area contributed by atoms with Gasteiger partial charge in [-0.3, -0.25) is 19.7 Å². The van der Waals surface area contributed by atoms with E-state index in [0.717, 1.165) is 23.8 Å². The number of imide groups is 1. The number of nitrogens with zero attached hydrogens (tertiary/aromatic N) is 1. The second-order valence-electron chi connectivity index (χ2n) is 6.46. The van der Waals surface area contributed by atoms with Crippen LogP contribution in [0.15, 0.2) is 18.2 Å². The van der Waals surface area contributed by atoms with Crippen LogP contribution in [-0.4, -0.2) is 34.9 Å². The number of carbonyl (C=O) groups excluding carboxylic acids is 4. The number of carbonyl (C=O) groups is 4. The van der Waals surface area contributed by atoms with E-state index in [-0.39, 0.29) is 24.2 Å². The molecule has 1 aromatic rings. The summed E-state index contributed by atoms with van der Waals surface area (Å²) in [5, 5.41) is 2.30. The van der Waals surface area contributed by atoms with Crippen LogP contribution in [0, 0.1) is 0 Å². The summed E-state index contributed by atoms with van der Waals surface area (Å²) in [6.07, 6.45) is 2.82. The molecule has 6 nitrogen and oxygen atoms in total. The number of amides is 3. The molecule has 1 saturated heterocycles. The van der Waals surface area contributed by atoms with Gasteiger partial charge in [-0.25, -0.2) is 0 Å². The lowest BCUT2D eigenvalue weighted by Crippen LogP contribution is -2.52. The average molecular weight is 328 g/mol. The monoisotopic (exact) mass is 328 g/mol. The first kappa shape index (κ1) is 16.4. The highest BCUT2D eigenvalue weighted by Crippen LogP contribution is 2.30. The molecule has 2 atom stereocenters. The summed E-state index contributed by atoms with van der Waals surface area (Å²) in [7, 11) is 0.